The van der Waals surface area contributed by atoms with Gasteiger partial charge in [0.25, 0.3) is 0 Å². The third kappa shape index (κ3) is 6.93. The number of nitrogens with one attached hydrogen (secondary N) is 1. The van der Waals surface area contributed by atoms with Crippen molar-refractivity contribution in [3.05, 3.63) is 35.6 Å². The highest BCUT2D eigenvalue weighted by Crippen LogP contribution is 2.28. The molecule has 0 radical (unpaired) electrons. The number of thioether (sulfide) groups is 1. The van der Waals surface area contributed by atoms with Crippen LogP contribution in [-0.4, -0.2) is 109 Å². The number of benzene rings is 1. The minimum Gasteiger partial charge on any atom is -0.376 e. The molecule has 3 saturated heterocycles. The standard InChI is InChI=1S/C16H26N4O4S.C8H10FN/c1-17-10-15(22)20-13(5-7-25-2)16(23)18(8-12-4-3-6-24-12)9-14(20)19(17)11-21;1-10-6-7-2-4-8(9)5-3-7/h11-14H,3-10H2,1-2H3;2-5,10H,6H2,1H3/t12?,13-,14?;/m0./s1. The molecule has 1 aromatic rings. The number of ether oxygens (including phenoxy) is 1. The highest BCUT2D eigenvalue weighted by atomic mass is 32.2. The lowest BCUT2D eigenvalue weighted by atomic mass is 10.0. The molecule has 9 nitrogen and oxygen atoms in total. The van der Waals surface area contributed by atoms with Crippen LogP contribution in [0.1, 0.15) is 24.8 Å². The second-order valence-corrected chi connectivity index (χ2v) is 9.90. The minimum atomic E-state index is -0.503. The van der Waals surface area contributed by atoms with E-state index in [0.29, 0.717) is 19.5 Å². The molecule has 1 aromatic carbocycles. The van der Waals surface area contributed by atoms with E-state index in [0.717, 1.165) is 43.7 Å². The summed E-state index contributed by atoms with van der Waals surface area (Å²) >= 11 is 1.65. The van der Waals surface area contributed by atoms with Crippen LogP contribution >= 0.6 is 11.8 Å². The number of hydrogen-bond acceptors (Lipinski definition) is 7. The first-order valence-electron chi connectivity index (χ1n) is 11.9. The third-order valence-electron chi connectivity index (χ3n) is 6.43. The lowest BCUT2D eigenvalue weighted by Crippen LogP contribution is -2.74. The van der Waals surface area contributed by atoms with Gasteiger partial charge >= 0.3 is 0 Å². The van der Waals surface area contributed by atoms with Gasteiger partial charge in [-0.15, -0.1) is 0 Å². The van der Waals surface area contributed by atoms with Gasteiger partial charge in [-0.2, -0.15) is 11.8 Å². The number of piperazine rings is 1. The average Bonchev–Trinajstić information content (AvgIpc) is 3.35. The average molecular weight is 510 g/mol. The summed E-state index contributed by atoms with van der Waals surface area (Å²) in [6.45, 7) is 2.51. The van der Waals surface area contributed by atoms with Gasteiger partial charge in [0.1, 0.15) is 18.0 Å². The molecule has 3 heterocycles. The van der Waals surface area contributed by atoms with E-state index in [1.165, 1.54) is 17.1 Å². The number of fused-ring (bicyclic) bond motifs is 1. The normalized spacial score (nSPS) is 24.8. The van der Waals surface area contributed by atoms with Gasteiger partial charge in [0.2, 0.25) is 18.2 Å². The van der Waals surface area contributed by atoms with Crippen LogP contribution in [0.4, 0.5) is 4.39 Å². The maximum atomic E-state index is 13.0. The van der Waals surface area contributed by atoms with Crippen molar-refractivity contribution in [2.45, 2.75) is 44.1 Å². The van der Waals surface area contributed by atoms with E-state index in [1.807, 2.05) is 13.3 Å². The van der Waals surface area contributed by atoms with Gasteiger partial charge in [-0.05, 0) is 56.0 Å². The van der Waals surface area contributed by atoms with Crippen LogP contribution in [0.25, 0.3) is 0 Å². The number of halogens is 1. The molecule has 0 aromatic heterocycles. The van der Waals surface area contributed by atoms with Crippen molar-refractivity contribution in [2.24, 2.45) is 0 Å². The van der Waals surface area contributed by atoms with Crippen molar-refractivity contribution in [3.8, 4) is 0 Å². The number of carbonyl (C=O) groups is 3. The Kier molecular flexibility index (Phi) is 10.3. The second-order valence-electron chi connectivity index (χ2n) is 8.92. The molecule has 4 rings (SSSR count). The van der Waals surface area contributed by atoms with E-state index in [9.17, 15) is 18.8 Å². The summed E-state index contributed by atoms with van der Waals surface area (Å²) in [5.41, 5.74) is 1.10. The molecule has 35 heavy (non-hydrogen) atoms. The molecule has 2 unspecified atom stereocenters. The number of amides is 3. The van der Waals surface area contributed by atoms with Crippen molar-refractivity contribution in [3.63, 3.8) is 0 Å². The smallest absolute Gasteiger partial charge is 0.245 e. The van der Waals surface area contributed by atoms with E-state index in [1.54, 1.807) is 45.8 Å². The summed E-state index contributed by atoms with van der Waals surface area (Å²) in [4.78, 5) is 40.7. The van der Waals surface area contributed by atoms with E-state index in [2.05, 4.69) is 5.32 Å². The molecular weight excluding hydrogens is 473 g/mol. The van der Waals surface area contributed by atoms with E-state index >= 15 is 0 Å². The fourth-order valence-electron chi connectivity index (χ4n) is 4.70. The van der Waals surface area contributed by atoms with Gasteiger partial charge < -0.3 is 19.9 Å². The van der Waals surface area contributed by atoms with Crippen molar-refractivity contribution < 1.29 is 23.5 Å². The monoisotopic (exact) mass is 509 g/mol. The first-order valence-corrected chi connectivity index (χ1v) is 13.3. The van der Waals surface area contributed by atoms with E-state index in [-0.39, 0.29) is 30.3 Å². The number of hydrogen-bond donors (Lipinski definition) is 1. The predicted octanol–water partition coefficient (Wildman–Crippen LogP) is 1.15. The van der Waals surface area contributed by atoms with Crippen molar-refractivity contribution >= 4 is 30.0 Å². The Bertz CT molecular complexity index is 855. The summed E-state index contributed by atoms with van der Waals surface area (Å²) in [6, 6.07) is 5.97. The Labute approximate surface area is 210 Å². The zero-order valence-corrected chi connectivity index (χ0v) is 21.5. The SMILES string of the molecule is CNCc1ccc(F)cc1.CSCC[C@H]1C(=O)N(CC2CCCO2)CC2N1C(=O)CN(C)N2C=O. The molecular formula is C24H36FN5O4S. The third-order valence-corrected chi connectivity index (χ3v) is 7.08. The van der Waals surface area contributed by atoms with Crippen LogP contribution in [0.3, 0.4) is 0 Å². The van der Waals surface area contributed by atoms with Gasteiger partial charge in [0, 0.05) is 26.7 Å². The predicted molar refractivity (Wildman–Crippen MR) is 133 cm³/mol. The van der Waals surface area contributed by atoms with E-state index in [4.69, 9.17) is 4.74 Å². The molecule has 1 N–H and O–H groups in total. The Morgan fingerprint density at radius 2 is 2.00 bits per heavy atom. The van der Waals surface area contributed by atoms with Gasteiger partial charge in [0.15, 0.2) is 0 Å². The molecule has 0 aliphatic carbocycles. The molecule has 0 saturated carbocycles. The molecule has 3 fully saturated rings. The van der Waals surface area contributed by atoms with Gasteiger partial charge in [-0.25, -0.2) is 9.40 Å². The highest BCUT2D eigenvalue weighted by molar-refractivity contribution is 7.98. The lowest BCUT2D eigenvalue weighted by Gasteiger charge is -2.53. The summed E-state index contributed by atoms with van der Waals surface area (Å²) in [5, 5.41) is 6.14. The molecule has 3 aliphatic heterocycles. The zero-order chi connectivity index (χ0) is 25.4. The number of hydrazine groups is 1. The molecule has 0 spiro atoms. The molecule has 0 bridgehead atoms. The largest absolute Gasteiger partial charge is 0.376 e. The molecule has 11 heteroatoms. The molecule has 3 amide bonds. The number of rotatable bonds is 8. The van der Waals surface area contributed by atoms with Crippen LogP contribution in [0.5, 0.6) is 0 Å². The van der Waals surface area contributed by atoms with Crippen LogP contribution in [-0.2, 0) is 25.7 Å². The molecule has 194 valence electrons. The maximum absolute atomic E-state index is 13.0. The Balaban J connectivity index is 0.000000287. The zero-order valence-electron chi connectivity index (χ0n) is 20.7. The summed E-state index contributed by atoms with van der Waals surface area (Å²) in [7, 11) is 3.59. The van der Waals surface area contributed by atoms with Crippen LogP contribution in [0, 0.1) is 5.82 Å². The highest BCUT2D eigenvalue weighted by Gasteiger charge is 2.49. The summed E-state index contributed by atoms with van der Waals surface area (Å²) < 4.78 is 18.0. The number of carbonyl (C=O) groups excluding carboxylic acids is 3. The van der Waals surface area contributed by atoms with Crippen molar-refractivity contribution in [1.82, 2.24) is 25.1 Å². The van der Waals surface area contributed by atoms with Crippen LogP contribution in [0.15, 0.2) is 24.3 Å². The summed E-state index contributed by atoms with van der Waals surface area (Å²) in [6.07, 6.45) is 4.91. The summed E-state index contributed by atoms with van der Waals surface area (Å²) in [5.74, 6) is 0.489. The van der Waals surface area contributed by atoms with Gasteiger partial charge in [-0.1, -0.05) is 12.1 Å². The fourth-order valence-corrected chi connectivity index (χ4v) is 5.16. The van der Waals surface area contributed by atoms with Crippen molar-refractivity contribution in [2.75, 3.05) is 52.3 Å². The minimum absolute atomic E-state index is 0.0236. The molecule has 3 aliphatic rings. The Hall–Kier alpha value is -2.21. The van der Waals surface area contributed by atoms with Gasteiger partial charge in [0.05, 0.1) is 19.2 Å². The number of nitrogens with zero attached hydrogens (tertiary/aromatic N) is 4. The molecule has 3 atom stereocenters. The fraction of sp³-hybridized carbons (Fsp3) is 0.625. The quantitative estimate of drug-likeness (QED) is 0.526. The van der Waals surface area contributed by atoms with Crippen LogP contribution < -0.4 is 5.32 Å². The van der Waals surface area contributed by atoms with Crippen molar-refractivity contribution in [1.29, 1.82) is 0 Å². The van der Waals surface area contributed by atoms with E-state index < -0.39 is 12.2 Å². The second kappa shape index (κ2) is 13.2. The topological polar surface area (TPSA) is 85.4 Å². The van der Waals surface area contributed by atoms with Gasteiger partial charge in [-0.3, -0.25) is 19.4 Å². The first kappa shape index (κ1) is 27.4. The Morgan fingerprint density at radius 3 is 2.60 bits per heavy atom. The maximum Gasteiger partial charge on any atom is 0.245 e. The Morgan fingerprint density at radius 1 is 1.26 bits per heavy atom. The van der Waals surface area contributed by atoms with Crippen LogP contribution in [0.2, 0.25) is 0 Å². The lowest BCUT2D eigenvalue weighted by molar-refractivity contribution is -0.197. The first-order chi connectivity index (χ1) is 16.9. The number of likely N-dealkylation sites (N-methyl/N-ethyl adjacent to an activating group) is 1.